The van der Waals surface area contributed by atoms with Crippen LogP contribution < -0.4 is 15.6 Å². The Kier molecular flexibility index (Phi) is 6.94. The molecule has 98 valence electrons. The topological polar surface area (TPSA) is 61.6 Å². The molecule has 0 spiro atoms. The van der Waals surface area contributed by atoms with Crippen molar-refractivity contribution in [3.05, 3.63) is 29.8 Å². The molecule has 0 radical (unpaired) electrons. The zero-order valence-corrected chi connectivity index (χ0v) is 11.7. The van der Waals surface area contributed by atoms with Crippen LogP contribution in [-0.4, -0.2) is 24.2 Å². The van der Waals surface area contributed by atoms with E-state index in [4.69, 9.17) is 10.5 Å². The molecule has 0 fully saturated rings. The zero-order chi connectivity index (χ0) is 13.2. The van der Waals surface area contributed by atoms with Gasteiger partial charge in [0.15, 0.2) is 0 Å². The molecule has 0 saturated carbocycles. The molecule has 0 amide bonds. The summed E-state index contributed by atoms with van der Waals surface area (Å²) in [6.45, 7) is 2.16. The van der Waals surface area contributed by atoms with Crippen LogP contribution in [0.15, 0.2) is 29.4 Å². The summed E-state index contributed by atoms with van der Waals surface area (Å²) in [5.41, 5.74) is 6.75. The van der Waals surface area contributed by atoms with E-state index < -0.39 is 0 Å². The van der Waals surface area contributed by atoms with E-state index in [1.165, 1.54) is 6.42 Å². The van der Waals surface area contributed by atoms with Gasteiger partial charge >= 0.3 is 0 Å². The molecule has 0 heterocycles. The summed E-state index contributed by atoms with van der Waals surface area (Å²) in [5.74, 6) is 1.85. The molecule has 0 aliphatic carbocycles. The molecule has 0 aromatic heterocycles. The normalized spacial score (nSPS) is 12.0. The van der Waals surface area contributed by atoms with Crippen LogP contribution in [0.1, 0.15) is 25.3 Å². The highest BCUT2D eigenvalue weighted by Gasteiger charge is 1.96. The van der Waals surface area contributed by atoms with Crippen LogP contribution in [0.2, 0.25) is 0 Å². The van der Waals surface area contributed by atoms with E-state index in [2.05, 4.69) is 17.1 Å². The number of hydrazone groups is 1. The number of nitrogens with zero attached hydrogens (tertiary/aromatic N) is 1. The van der Waals surface area contributed by atoms with Crippen LogP contribution in [0, 0.1) is 0 Å². The number of amidine groups is 1. The highest BCUT2D eigenvalue weighted by atomic mass is 32.2. The maximum atomic E-state index is 5.73. The van der Waals surface area contributed by atoms with E-state index in [9.17, 15) is 0 Å². The third-order valence-electron chi connectivity index (χ3n) is 2.27. The fourth-order valence-electron chi connectivity index (χ4n) is 1.22. The Balaban J connectivity index is 2.45. The lowest BCUT2D eigenvalue weighted by Crippen LogP contribution is -2.62. The van der Waals surface area contributed by atoms with Crippen LogP contribution in [-0.2, 0) is 0 Å². The Morgan fingerprint density at radius 2 is 2.17 bits per heavy atom. The van der Waals surface area contributed by atoms with E-state index in [1.54, 1.807) is 25.1 Å². The Labute approximate surface area is 112 Å². The van der Waals surface area contributed by atoms with Crippen molar-refractivity contribution in [2.45, 2.75) is 19.8 Å². The van der Waals surface area contributed by atoms with Gasteiger partial charge in [0.05, 0.1) is 7.11 Å². The van der Waals surface area contributed by atoms with E-state index in [0.717, 1.165) is 23.5 Å². The number of unbranched alkanes of at least 4 members (excludes halogenated alkanes) is 1. The van der Waals surface area contributed by atoms with Crippen molar-refractivity contribution >= 4 is 23.1 Å². The standard InChI is InChI=1S/C13H19N3OS/c1-3-4-9-18-13(14)16-15-10-11-5-7-12(17-2)8-6-11/h5-8,10H,3-4,9H2,1-2H3,(H2,14,16)/p+1. The molecule has 0 saturated heterocycles. The molecule has 0 aliphatic rings. The lowest BCUT2D eigenvalue weighted by atomic mass is 10.2. The molecule has 0 bridgehead atoms. The molecule has 1 rings (SSSR count). The van der Waals surface area contributed by atoms with Gasteiger partial charge in [-0.3, -0.25) is 0 Å². The molecule has 4 nitrogen and oxygen atoms in total. The number of methoxy groups -OCH3 is 1. The molecule has 0 aliphatic heterocycles. The van der Waals surface area contributed by atoms with E-state index in [1.807, 2.05) is 24.3 Å². The van der Waals surface area contributed by atoms with Gasteiger partial charge in [0.25, 0.3) is 0 Å². The van der Waals surface area contributed by atoms with Crippen LogP contribution >= 0.6 is 11.8 Å². The number of thioether (sulfide) groups is 1. The molecular formula is C13H20N3OS+. The summed E-state index contributed by atoms with van der Waals surface area (Å²) in [6.07, 6.45) is 4.13. The summed E-state index contributed by atoms with van der Waals surface area (Å²) < 4.78 is 5.08. The Morgan fingerprint density at radius 3 is 2.78 bits per heavy atom. The quantitative estimate of drug-likeness (QED) is 0.349. The average molecular weight is 266 g/mol. The van der Waals surface area contributed by atoms with E-state index in [0.29, 0.717) is 5.17 Å². The zero-order valence-electron chi connectivity index (χ0n) is 10.8. The third kappa shape index (κ3) is 5.72. The van der Waals surface area contributed by atoms with Gasteiger partial charge in [0, 0.05) is 16.4 Å². The van der Waals surface area contributed by atoms with Crippen LogP contribution in [0.3, 0.4) is 0 Å². The van der Waals surface area contributed by atoms with Crippen LogP contribution in [0.4, 0.5) is 0 Å². The van der Waals surface area contributed by atoms with Crippen molar-refractivity contribution < 1.29 is 9.84 Å². The van der Waals surface area contributed by atoms with Crippen molar-refractivity contribution in [1.29, 1.82) is 0 Å². The number of hydrogen-bond donors (Lipinski definition) is 2. The second-order valence-corrected chi connectivity index (χ2v) is 4.81. The van der Waals surface area contributed by atoms with Gasteiger partial charge in [0.2, 0.25) is 11.4 Å². The fraction of sp³-hybridized carbons (Fsp3) is 0.385. The van der Waals surface area contributed by atoms with Crippen molar-refractivity contribution in [3.8, 4) is 5.75 Å². The summed E-state index contributed by atoms with van der Waals surface area (Å²) in [6, 6.07) is 7.69. The van der Waals surface area contributed by atoms with Gasteiger partial charge in [-0.15, -0.1) is 5.10 Å². The van der Waals surface area contributed by atoms with Gasteiger partial charge in [-0.25, -0.2) is 0 Å². The SMILES string of the molecule is CCCCSC(N)=N[NH+]=Cc1ccc(OC)cc1. The maximum absolute atomic E-state index is 5.73. The van der Waals surface area contributed by atoms with Gasteiger partial charge in [-0.05, 0) is 30.7 Å². The third-order valence-corrected chi connectivity index (χ3v) is 3.15. The number of rotatable bonds is 6. The molecule has 0 atom stereocenters. The lowest BCUT2D eigenvalue weighted by molar-refractivity contribution is -0.456. The van der Waals surface area contributed by atoms with Crippen LogP contribution in [0.25, 0.3) is 0 Å². The fourth-order valence-corrected chi connectivity index (χ4v) is 1.98. The van der Waals surface area contributed by atoms with Crippen LogP contribution in [0.5, 0.6) is 5.75 Å². The van der Waals surface area contributed by atoms with Gasteiger partial charge in [0.1, 0.15) is 5.75 Å². The monoisotopic (exact) mass is 266 g/mol. The molecule has 3 N–H and O–H groups in total. The summed E-state index contributed by atoms with van der Waals surface area (Å²) >= 11 is 1.57. The predicted octanol–water partition coefficient (Wildman–Crippen LogP) is 0.958. The predicted molar refractivity (Wildman–Crippen MR) is 78.1 cm³/mol. The van der Waals surface area contributed by atoms with Crippen molar-refractivity contribution in [2.75, 3.05) is 12.9 Å². The number of nitrogens with one attached hydrogen (secondary N) is 1. The molecule has 18 heavy (non-hydrogen) atoms. The molecule has 0 unspecified atom stereocenters. The second kappa shape index (κ2) is 8.58. The largest absolute Gasteiger partial charge is 0.497 e. The molecular weight excluding hydrogens is 246 g/mol. The Morgan fingerprint density at radius 1 is 1.44 bits per heavy atom. The first kappa shape index (κ1) is 14.6. The molecule has 1 aromatic carbocycles. The summed E-state index contributed by atoms with van der Waals surface area (Å²) in [5, 5.41) is 7.46. The summed E-state index contributed by atoms with van der Waals surface area (Å²) in [7, 11) is 1.65. The summed E-state index contributed by atoms with van der Waals surface area (Å²) in [4.78, 5) is 0. The minimum absolute atomic E-state index is 0.563. The number of hydrogen-bond acceptors (Lipinski definition) is 3. The van der Waals surface area contributed by atoms with Gasteiger partial charge in [-0.2, -0.15) is 0 Å². The smallest absolute Gasteiger partial charge is 0.225 e. The second-order valence-electron chi connectivity index (χ2n) is 3.70. The first-order valence-corrected chi connectivity index (χ1v) is 6.93. The van der Waals surface area contributed by atoms with Crippen molar-refractivity contribution in [1.82, 2.24) is 0 Å². The molecule has 5 heteroatoms. The highest BCUT2D eigenvalue weighted by molar-refractivity contribution is 8.13. The van der Waals surface area contributed by atoms with Gasteiger partial charge < -0.3 is 10.5 Å². The number of nitrogens with two attached hydrogens (primary N) is 1. The van der Waals surface area contributed by atoms with Gasteiger partial charge in [-0.1, -0.05) is 25.1 Å². The Hall–Kier alpha value is -1.49. The number of benzene rings is 1. The lowest BCUT2D eigenvalue weighted by Gasteiger charge is -1.96. The maximum Gasteiger partial charge on any atom is 0.225 e. The first-order chi connectivity index (χ1) is 8.76. The van der Waals surface area contributed by atoms with Crippen molar-refractivity contribution in [2.24, 2.45) is 10.8 Å². The first-order valence-electron chi connectivity index (χ1n) is 5.95. The van der Waals surface area contributed by atoms with E-state index >= 15 is 0 Å². The minimum Gasteiger partial charge on any atom is -0.497 e. The van der Waals surface area contributed by atoms with E-state index in [-0.39, 0.29) is 0 Å². The highest BCUT2D eigenvalue weighted by Crippen LogP contribution is 2.09. The molecule has 1 aromatic rings. The average Bonchev–Trinajstić information content (AvgIpc) is 2.40. The van der Waals surface area contributed by atoms with Crippen molar-refractivity contribution in [3.63, 3.8) is 0 Å². The minimum atomic E-state index is 0.563. The number of ether oxygens (including phenoxy) is 1. The Bertz CT molecular complexity index is 401.